The smallest absolute Gasteiger partial charge is 0.248 e. The van der Waals surface area contributed by atoms with Crippen LogP contribution in [0.15, 0.2) is 24.3 Å². The van der Waals surface area contributed by atoms with Gasteiger partial charge in [0, 0.05) is 24.2 Å². The number of carbonyl (C=O) groups excluding carboxylic acids is 2. The molecule has 0 saturated carbocycles. The summed E-state index contributed by atoms with van der Waals surface area (Å²) >= 11 is 0. The van der Waals surface area contributed by atoms with Crippen molar-refractivity contribution in [1.29, 1.82) is 0 Å². The molecular weight excluding hydrogens is 282 g/mol. The first kappa shape index (κ1) is 16.3. The number of nitrogens with zero attached hydrogens (tertiary/aromatic N) is 1. The molecule has 0 unspecified atom stereocenters. The molecule has 0 aromatic heterocycles. The van der Waals surface area contributed by atoms with Crippen LogP contribution in [0.1, 0.15) is 36.5 Å². The van der Waals surface area contributed by atoms with Crippen molar-refractivity contribution in [2.45, 2.75) is 38.3 Å². The van der Waals surface area contributed by atoms with Crippen LogP contribution in [0.25, 0.3) is 0 Å². The molecule has 120 valence electrons. The highest BCUT2D eigenvalue weighted by Gasteiger charge is 2.26. The zero-order valence-electron chi connectivity index (χ0n) is 12.8. The minimum absolute atomic E-state index is 0.0745. The molecule has 0 radical (unpaired) electrons. The van der Waals surface area contributed by atoms with Crippen molar-refractivity contribution in [3.8, 4) is 5.75 Å². The Morgan fingerprint density at radius 3 is 2.86 bits per heavy atom. The summed E-state index contributed by atoms with van der Waals surface area (Å²) < 4.78 is 5.53. The van der Waals surface area contributed by atoms with Crippen molar-refractivity contribution in [1.82, 2.24) is 4.90 Å². The predicted molar refractivity (Wildman–Crippen MR) is 83.5 cm³/mol. The average Bonchev–Trinajstić information content (AvgIpc) is 2.47. The predicted octanol–water partition coefficient (Wildman–Crippen LogP) is 0.893. The largest absolute Gasteiger partial charge is 0.493 e. The van der Waals surface area contributed by atoms with E-state index in [2.05, 4.69) is 0 Å². The van der Waals surface area contributed by atoms with Crippen LogP contribution < -0.4 is 16.2 Å². The first-order valence-corrected chi connectivity index (χ1v) is 7.55. The highest BCUT2D eigenvalue weighted by molar-refractivity contribution is 5.93. The van der Waals surface area contributed by atoms with Gasteiger partial charge in [-0.3, -0.25) is 9.59 Å². The van der Waals surface area contributed by atoms with Crippen molar-refractivity contribution < 1.29 is 14.3 Å². The van der Waals surface area contributed by atoms with Crippen molar-refractivity contribution in [3.05, 3.63) is 29.8 Å². The number of piperidine rings is 1. The van der Waals surface area contributed by atoms with Crippen LogP contribution in [0.5, 0.6) is 5.75 Å². The first-order chi connectivity index (χ1) is 10.5. The molecule has 2 rings (SSSR count). The maximum Gasteiger partial charge on any atom is 0.248 e. The van der Waals surface area contributed by atoms with E-state index in [0.29, 0.717) is 24.3 Å². The number of amides is 2. The maximum absolute atomic E-state index is 12.2. The number of benzene rings is 1. The van der Waals surface area contributed by atoms with Crippen LogP contribution in [0.4, 0.5) is 0 Å². The van der Waals surface area contributed by atoms with E-state index in [4.69, 9.17) is 16.2 Å². The summed E-state index contributed by atoms with van der Waals surface area (Å²) in [6.07, 6.45) is 1.99. The lowest BCUT2D eigenvalue weighted by Gasteiger charge is -2.36. The second kappa shape index (κ2) is 7.26. The Kier molecular flexibility index (Phi) is 5.38. The number of nitrogens with two attached hydrogens (primary N) is 2. The summed E-state index contributed by atoms with van der Waals surface area (Å²) in [5, 5.41) is 0. The zero-order chi connectivity index (χ0) is 16.1. The Morgan fingerprint density at radius 2 is 2.18 bits per heavy atom. The number of ether oxygens (including phenoxy) is 1. The molecule has 1 aliphatic rings. The lowest BCUT2D eigenvalue weighted by Crippen LogP contribution is -2.48. The second-order valence-electron chi connectivity index (χ2n) is 5.71. The molecule has 1 fully saturated rings. The average molecular weight is 305 g/mol. The Morgan fingerprint density at radius 1 is 1.41 bits per heavy atom. The Balaban J connectivity index is 1.82. The number of primary amides is 1. The van der Waals surface area contributed by atoms with Crippen LogP contribution in [-0.2, 0) is 4.79 Å². The number of hydrogen-bond acceptors (Lipinski definition) is 4. The molecule has 1 aliphatic heterocycles. The van der Waals surface area contributed by atoms with E-state index in [0.717, 1.165) is 12.8 Å². The molecule has 1 heterocycles. The highest BCUT2D eigenvalue weighted by atomic mass is 16.5. The van der Waals surface area contributed by atoms with Gasteiger partial charge in [0.25, 0.3) is 0 Å². The van der Waals surface area contributed by atoms with Crippen LogP contribution in [0.2, 0.25) is 0 Å². The second-order valence-corrected chi connectivity index (χ2v) is 5.71. The molecule has 0 bridgehead atoms. The number of likely N-dealkylation sites (tertiary alicyclic amines) is 1. The zero-order valence-corrected chi connectivity index (χ0v) is 12.8. The summed E-state index contributed by atoms with van der Waals surface area (Å²) in [4.78, 5) is 25.2. The fraction of sp³-hybridized carbons (Fsp3) is 0.500. The highest BCUT2D eigenvalue weighted by Crippen LogP contribution is 2.17. The third kappa shape index (κ3) is 4.21. The molecule has 1 aromatic carbocycles. The van der Waals surface area contributed by atoms with Crippen molar-refractivity contribution >= 4 is 11.8 Å². The quantitative estimate of drug-likeness (QED) is 0.844. The Labute approximate surface area is 130 Å². The van der Waals surface area contributed by atoms with E-state index in [1.54, 1.807) is 24.3 Å². The van der Waals surface area contributed by atoms with Gasteiger partial charge in [-0.15, -0.1) is 0 Å². The summed E-state index contributed by atoms with van der Waals surface area (Å²) in [5.74, 6) is 0.114. The molecule has 4 N–H and O–H groups in total. The van der Waals surface area contributed by atoms with E-state index in [-0.39, 0.29) is 24.6 Å². The monoisotopic (exact) mass is 305 g/mol. The van der Waals surface area contributed by atoms with E-state index in [1.807, 2.05) is 11.8 Å². The fourth-order valence-electron chi connectivity index (χ4n) is 2.72. The van der Waals surface area contributed by atoms with E-state index < -0.39 is 5.91 Å². The summed E-state index contributed by atoms with van der Waals surface area (Å²) in [5.41, 5.74) is 11.5. The third-order valence-electron chi connectivity index (χ3n) is 3.94. The molecule has 2 atom stereocenters. The van der Waals surface area contributed by atoms with Crippen LogP contribution in [0, 0.1) is 0 Å². The molecule has 1 saturated heterocycles. The van der Waals surface area contributed by atoms with Gasteiger partial charge >= 0.3 is 0 Å². The summed E-state index contributed by atoms with van der Waals surface area (Å²) in [7, 11) is 0. The summed E-state index contributed by atoms with van der Waals surface area (Å²) in [6, 6.07) is 7.00. The molecule has 0 spiro atoms. The number of rotatable bonds is 5. The van der Waals surface area contributed by atoms with Crippen LogP contribution >= 0.6 is 0 Å². The molecule has 0 aliphatic carbocycles. The standard InChI is InChI=1S/C16H23N3O3/c1-11-9-13(17)5-7-19(11)15(20)6-8-22-14-4-2-3-12(10-14)16(18)21/h2-4,10-11,13H,5-9,17H2,1H3,(H2,18,21)/t11-,13+/m1/s1. The van der Waals surface area contributed by atoms with Crippen LogP contribution in [0.3, 0.4) is 0 Å². The Hall–Kier alpha value is -2.08. The van der Waals surface area contributed by atoms with Gasteiger partial charge in [-0.05, 0) is 38.0 Å². The molecule has 6 nitrogen and oxygen atoms in total. The summed E-state index contributed by atoms with van der Waals surface area (Å²) in [6.45, 7) is 3.00. The van der Waals surface area contributed by atoms with E-state index in [9.17, 15) is 9.59 Å². The lowest BCUT2D eigenvalue weighted by molar-refractivity contribution is -0.135. The first-order valence-electron chi connectivity index (χ1n) is 7.55. The van der Waals surface area contributed by atoms with Gasteiger partial charge in [-0.25, -0.2) is 0 Å². The van der Waals surface area contributed by atoms with Gasteiger partial charge < -0.3 is 21.1 Å². The van der Waals surface area contributed by atoms with E-state index >= 15 is 0 Å². The van der Waals surface area contributed by atoms with Gasteiger partial charge in [-0.1, -0.05) is 6.07 Å². The van der Waals surface area contributed by atoms with Gasteiger partial charge in [0.1, 0.15) is 5.75 Å². The number of carbonyl (C=O) groups is 2. The Bertz CT molecular complexity index is 547. The SMILES string of the molecule is C[C@@H]1C[C@@H](N)CCN1C(=O)CCOc1cccc(C(N)=O)c1. The minimum atomic E-state index is -0.500. The maximum atomic E-state index is 12.2. The number of hydrogen-bond donors (Lipinski definition) is 2. The fourth-order valence-corrected chi connectivity index (χ4v) is 2.72. The minimum Gasteiger partial charge on any atom is -0.493 e. The van der Waals surface area contributed by atoms with Gasteiger partial charge in [0.15, 0.2) is 0 Å². The van der Waals surface area contributed by atoms with E-state index in [1.165, 1.54) is 0 Å². The van der Waals surface area contributed by atoms with Gasteiger partial charge in [0.05, 0.1) is 13.0 Å². The van der Waals surface area contributed by atoms with Gasteiger partial charge in [0.2, 0.25) is 11.8 Å². The van der Waals surface area contributed by atoms with Crippen LogP contribution in [-0.4, -0.2) is 41.9 Å². The van der Waals surface area contributed by atoms with Crippen molar-refractivity contribution in [2.24, 2.45) is 11.5 Å². The molecular formula is C16H23N3O3. The normalized spacial score (nSPS) is 21.5. The van der Waals surface area contributed by atoms with Crippen molar-refractivity contribution in [3.63, 3.8) is 0 Å². The molecule has 22 heavy (non-hydrogen) atoms. The third-order valence-corrected chi connectivity index (χ3v) is 3.94. The lowest BCUT2D eigenvalue weighted by atomic mass is 9.99. The molecule has 2 amide bonds. The van der Waals surface area contributed by atoms with Crippen molar-refractivity contribution in [2.75, 3.05) is 13.2 Å². The van der Waals surface area contributed by atoms with Gasteiger partial charge in [-0.2, -0.15) is 0 Å². The molecule has 1 aromatic rings. The topological polar surface area (TPSA) is 98.7 Å². The molecule has 6 heteroatoms.